The van der Waals surface area contributed by atoms with Gasteiger partial charge < -0.3 is 19.9 Å². The van der Waals surface area contributed by atoms with Crippen molar-refractivity contribution in [2.75, 3.05) is 19.0 Å². The fourth-order valence-corrected chi connectivity index (χ4v) is 4.40. The Morgan fingerprint density at radius 1 is 1.09 bits per heavy atom. The summed E-state index contributed by atoms with van der Waals surface area (Å²) in [6, 6.07) is 17.8. The summed E-state index contributed by atoms with van der Waals surface area (Å²) >= 11 is 0. The molecule has 1 aliphatic rings. The first kappa shape index (κ1) is 20.1. The number of methoxy groups -OCH3 is 1. The molecule has 2 heterocycles. The minimum atomic E-state index is -0.820. The first-order valence-corrected chi connectivity index (χ1v) is 10.3. The highest BCUT2D eigenvalue weighted by molar-refractivity contribution is 5.91. The number of para-hydroxylation sites is 1. The smallest absolute Gasteiger partial charge is 0.322 e. The monoisotopic (exact) mass is 433 g/mol. The summed E-state index contributed by atoms with van der Waals surface area (Å²) in [5.74, 6) is -0.842. The van der Waals surface area contributed by atoms with Crippen molar-refractivity contribution in [2.45, 2.75) is 12.5 Å². The molecule has 0 radical (unpaired) electrons. The van der Waals surface area contributed by atoms with Crippen molar-refractivity contribution >= 4 is 22.6 Å². The van der Waals surface area contributed by atoms with Gasteiger partial charge in [-0.15, -0.1) is 0 Å². The Bertz CT molecular complexity index is 1320. The Kier molecular flexibility index (Phi) is 5.01. The third kappa shape index (κ3) is 3.45. The van der Waals surface area contributed by atoms with Crippen LogP contribution in [0.15, 0.2) is 66.7 Å². The molecule has 1 aromatic heterocycles. The predicted octanol–water partition coefficient (Wildman–Crippen LogP) is 5.63. The van der Waals surface area contributed by atoms with Crippen LogP contribution in [-0.2, 0) is 6.42 Å². The lowest BCUT2D eigenvalue weighted by Gasteiger charge is -2.36. The SMILES string of the molecule is COc1cccc([C@H]2c3[nH]c4ccccc4c3CCN2C(=O)Nc2ccc(F)cc2F)c1. The molecule has 2 amide bonds. The third-order valence-corrected chi connectivity index (χ3v) is 5.88. The molecule has 0 aliphatic carbocycles. The number of benzene rings is 3. The predicted molar refractivity (Wildman–Crippen MR) is 119 cm³/mol. The molecule has 7 heteroatoms. The van der Waals surface area contributed by atoms with Crippen molar-refractivity contribution in [3.63, 3.8) is 0 Å². The van der Waals surface area contributed by atoms with E-state index in [1.54, 1.807) is 12.0 Å². The minimum Gasteiger partial charge on any atom is -0.497 e. The summed E-state index contributed by atoms with van der Waals surface area (Å²) in [5.41, 5.74) is 3.87. The highest BCUT2D eigenvalue weighted by atomic mass is 19.1. The molecule has 0 spiro atoms. The number of fused-ring (bicyclic) bond motifs is 3. The Labute approximate surface area is 183 Å². The lowest BCUT2D eigenvalue weighted by molar-refractivity contribution is 0.193. The van der Waals surface area contributed by atoms with Crippen LogP contribution in [0.4, 0.5) is 19.3 Å². The van der Waals surface area contributed by atoms with Gasteiger partial charge in [-0.25, -0.2) is 13.6 Å². The lowest BCUT2D eigenvalue weighted by atomic mass is 9.92. The fraction of sp³-hybridized carbons (Fsp3) is 0.160. The summed E-state index contributed by atoms with van der Waals surface area (Å²) in [7, 11) is 1.59. The van der Waals surface area contributed by atoms with E-state index in [0.717, 1.165) is 39.9 Å². The topological polar surface area (TPSA) is 57.4 Å². The Balaban J connectivity index is 1.58. The van der Waals surface area contributed by atoms with Crippen molar-refractivity contribution < 1.29 is 18.3 Å². The minimum absolute atomic E-state index is 0.0664. The molecule has 0 saturated heterocycles. The number of H-pyrrole nitrogens is 1. The maximum Gasteiger partial charge on any atom is 0.322 e. The van der Waals surface area contributed by atoms with E-state index in [4.69, 9.17) is 4.74 Å². The molecule has 162 valence electrons. The van der Waals surface area contributed by atoms with Crippen LogP contribution >= 0.6 is 0 Å². The molecule has 0 saturated carbocycles. The lowest BCUT2D eigenvalue weighted by Crippen LogP contribution is -2.43. The van der Waals surface area contributed by atoms with E-state index in [1.165, 1.54) is 6.07 Å². The van der Waals surface area contributed by atoms with E-state index in [0.29, 0.717) is 18.7 Å². The zero-order valence-corrected chi connectivity index (χ0v) is 17.4. The Hall–Kier alpha value is -3.87. The van der Waals surface area contributed by atoms with Gasteiger partial charge in [-0.05, 0) is 47.9 Å². The van der Waals surface area contributed by atoms with Gasteiger partial charge >= 0.3 is 6.03 Å². The third-order valence-electron chi connectivity index (χ3n) is 5.88. The van der Waals surface area contributed by atoms with Crippen molar-refractivity contribution in [1.29, 1.82) is 0 Å². The molecule has 5 rings (SSSR count). The zero-order chi connectivity index (χ0) is 22.2. The number of aromatic amines is 1. The Morgan fingerprint density at radius 2 is 1.94 bits per heavy atom. The van der Waals surface area contributed by atoms with Crippen LogP contribution in [-0.4, -0.2) is 29.6 Å². The van der Waals surface area contributed by atoms with Gasteiger partial charge in [0.15, 0.2) is 0 Å². The van der Waals surface area contributed by atoms with Crippen LogP contribution in [0.25, 0.3) is 10.9 Å². The standard InChI is InChI=1S/C25H21F2N3O2/c1-32-17-6-4-5-15(13-17)24-23-19(18-7-2-3-8-21(18)28-23)11-12-30(24)25(31)29-22-10-9-16(26)14-20(22)27/h2-10,13-14,24,28H,11-12H2,1H3,(H,29,31)/t24-/m0/s1. The number of halogens is 2. The first-order valence-electron chi connectivity index (χ1n) is 10.3. The van der Waals surface area contributed by atoms with Gasteiger partial charge in [-0.3, -0.25) is 0 Å². The highest BCUT2D eigenvalue weighted by Crippen LogP contribution is 2.39. The molecule has 4 aromatic rings. The van der Waals surface area contributed by atoms with E-state index < -0.39 is 23.7 Å². The normalized spacial score (nSPS) is 15.5. The second-order valence-electron chi connectivity index (χ2n) is 7.74. The quantitative estimate of drug-likeness (QED) is 0.440. The summed E-state index contributed by atoms with van der Waals surface area (Å²) < 4.78 is 32.9. The summed E-state index contributed by atoms with van der Waals surface area (Å²) in [5, 5.41) is 3.73. The number of hydrogen-bond donors (Lipinski definition) is 2. The number of nitrogens with zero attached hydrogens (tertiary/aromatic N) is 1. The Morgan fingerprint density at radius 3 is 2.75 bits per heavy atom. The van der Waals surface area contributed by atoms with Crippen molar-refractivity contribution in [3.8, 4) is 5.75 Å². The molecule has 3 aromatic carbocycles. The molecule has 1 atom stereocenters. The number of nitrogens with one attached hydrogen (secondary N) is 2. The van der Waals surface area contributed by atoms with Crippen LogP contribution < -0.4 is 10.1 Å². The largest absolute Gasteiger partial charge is 0.497 e. The molecule has 2 N–H and O–H groups in total. The number of carbonyl (C=O) groups is 1. The van der Waals surface area contributed by atoms with Gasteiger partial charge in [-0.2, -0.15) is 0 Å². The molecule has 0 unspecified atom stereocenters. The molecular formula is C25H21F2N3O2. The molecule has 0 bridgehead atoms. The summed E-state index contributed by atoms with van der Waals surface area (Å²) in [6.45, 7) is 0.436. The van der Waals surface area contributed by atoms with Gasteiger partial charge in [0.2, 0.25) is 0 Å². The second kappa shape index (κ2) is 8.00. The zero-order valence-electron chi connectivity index (χ0n) is 17.4. The average Bonchev–Trinajstić information content (AvgIpc) is 3.19. The summed E-state index contributed by atoms with van der Waals surface area (Å²) in [4.78, 5) is 18.4. The molecule has 32 heavy (non-hydrogen) atoms. The van der Waals surface area contributed by atoms with Crippen LogP contribution in [0, 0.1) is 11.6 Å². The van der Waals surface area contributed by atoms with E-state index >= 15 is 0 Å². The van der Waals surface area contributed by atoms with Gasteiger partial charge in [0.1, 0.15) is 17.4 Å². The van der Waals surface area contributed by atoms with E-state index in [-0.39, 0.29) is 5.69 Å². The number of hydrogen-bond acceptors (Lipinski definition) is 2. The first-order chi connectivity index (χ1) is 15.5. The van der Waals surface area contributed by atoms with Gasteiger partial charge in [0.25, 0.3) is 0 Å². The number of aromatic nitrogens is 1. The molecule has 1 aliphatic heterocycles. The molecular weight excluding hydrogens is 412 g/mol. The number of urea groups is 1. The number of anilines is 1. The maximum absolute atomic E-state index is 14.2. The second-order valence-corrected chi connectivity index (χ2v) is 7.74. The van der Waals surface area contributed by atoms with E-state index in [9.17, 15) is 13.6 Å². The van der Waals surface area contributed by atoms with Gasteiger partial charge in [0.05, 0.1) is 18.8 Å². The van der Waals surface area contributed by atoms with Gasteiger partial charge in [0, 0.05) is 29.2 Å². The maximum atomic E-state index is 14.2. The number of amides is 2. The molecule has 5 nitrogen and oxygen atoms in total. The van der Waals surface area contributed by atoms with Crippen molar-refractivity contribution in [1.82, 2.24) is 9.88 Å². The van der Waals surface area contributed by atoms with Crippen molar-refractivity contribution in [2.24, 2.45) is 0 Å². The van der Waals surface area contributed by atoms with Crippen LogP contribution in [0.3, 0.4) is 0 Å². The molecule has 0 fully saturated rings. The van der Waals surface area contributed by atoms with Crippen LogP contribution in [0.1, 0.15) is 22.9 Å². The fourth-order valence-electron chi connectivity index (χ4n) is 4.40. The van der Waals surface area contributed by atoms with Crippen molar-refractivity contribution in [3.05, 3.63) is 95.2 Å². The van der Waals surface area contributed by atoms with E-state index in [2.05, 4.69) is 16.4 Å². The van der Waals surface area contributed by atoms with Crippen LogP contribution in [0.5, 0.6) is 5.75 Å². The highest BCUT2D eigenvalue weighted by Gasteiger charge is 2.35. The number of rotatable bonds is 3. The van der Waals surface area contributed by atoms with Crippen LogP contribution in [0.2, 0.25) is 0 Å². The van der Waals surface area contributed by atoms with E-state index in [1.807, 2.05) is 42.5 Å². The number of carbonyl (C=O) groups excluding carboxylic acids is 1. The van der Waals surface area contributed by atoms with Gasteiger partial charge in [-0.1, -0.05) is 30.3 Å². The average molecular weight is 433 g/mol. The number of ether oxygens (including phenoxy) is 1. The summed E-state index contributed by atoms with van der Waals surface area (Å²) in [6.07, 6.45) is 0.652.